The molecule has 0 unspecified atom stereocenters. The number of sulfonamides is 1. The number of hydrogen-bond acceptors (Lipinski definition) is 2. The first-order chi connectivity index (χ1) is 9.76. The molecule has 1 N–H and O–H groups in total. The lowest BCUT2D eigenvalue weighted by Crippen LogP contribution is -2.10. The Morgan fingerprint density at radius 3 is 2.05 bits per heavy atom. The normalized spacial score (nSPS) is 11.7. The van der Waals surface area contributed by atoms with Crippen molar-refractivity contribution in [2.24, 2.45) is 0 Å². The zero-order valence-corrected chi connectivity index (χ0v) is 13.0. The Morgan fingerprint density at radius 1 is 1.00 bits per heavy atom. The number of benzene rings is 2. The van der Waals surface area contributed by atoms with Gasteiger partial charge in [-0.2, -0.15) is 0 Å². The maximum atomic E-state index is 13.9. The second-order valence-electron chi connectivity index (χ2n) is 5.35. The average Bonchev–Trinajstić information content (AvgIpc) is 2.40. The highest BCUT2D eigenvalue weighted by Crippen LogP contribution is 2.26. The lowest BCUT2D eigenvalue weighted by molar-refractivity contribution is 0.604. The summed E-state index contributed by atoms with van der Waals surface area (Å²) < 4.78 is 38.4. The Balaban J connectivity index is 2.31. The van der Waals surface area contributed by atoms with E-state index in [0.717, 1.165) is 11.8 Å². The summed E-state index contributed by atoms with van der Waals surface area (Å²) in [4.78, 5) is 0. The van der Waals surface area contributed by atoms with Crippen molar-refractivity contribution in [3.63, 3.8) is 0 Å². The van der Waals surface area contributed by atoms with Gasteiger partial charge in [-0.25, -0.2) is 12.8 Å². The summed E-state index contributed by atoms with van der Waals surface area (Å²) in [6.07, 6.45) is 0.991. The summed E-state index contributed by atoms with van der Waals surface area (Å²) in [6, 6.07) is 12.4. The van der Waals surface area contributed by atoms with E-state index in [0.29, 0.717) is 11.5 Å². The molecule has 0 saturated heterocycles. The molecule has 5 heteroatoms. The largest absolute Gasteiger partial charge is 0.281 e. The average molecular weight is 307 g/mol. The second-order valence-corrected chi connectivity index (χ2v) is 7.09. The third-order valence-electron chi connectivity index (χ3n) is 3.18. The molecule has 0 fully saturated rings. The van der Waals surface area contributed by atoms with E-state index in [-0.39, 0.29) is 5.69 Å². The standard InChI is InChI=1S/C16H18FNO2S/c1-11(2)12-4-6-13(7-5-12)14-8-9-16(15(17)10-14)18-21(3,19)20/h4-11,18H,1-3H3. The molecule has 0 aliphatic rings. The van der Waals surface area contributed by atoms with E-state index in [1.807, 2.05) is 24.3 Å². The van der Waals surface area contributed by atoms with Gasteiger partial charge in [0.05, 0.1) is 11.9 Å². The van der Waals surface area contributed by atoms with Crippen LogP contribution in [0.1, 0.15) is 25.3 Å². The third-order valence-corrected chi connectivity index (χ3v) is 3.77. The molecular formula is C16H18FNO2S. The Hall–Kier alpha value is -1.88. The molecule has 0 radical (unpaired) electrons. The summed E-state index contributed by atoms with van der Waals surface area (Å²) >= 11 is 0. The summed E-state index contributed by atoms with van der Waals surface area (Å²) in [7, 11) is -3.48. The van der Waals surface area contributed by atoms with Crippen LogP contribution in [0.4, 0.5) is 10.1 Å². The van der Waals surface area contributed by atoms with E-state index in [2.05, 4.69) is 18.6 Å². The lowest BCUT2D eigenvalue weighted by atomic mass is 9.98. The van der Waals surface area contributed by atoms with Crippen LogP contribution in [-0.2, 0) is 10.0 Å². The van der Waals surface area contributed by atoms with Gasteiger partial charge in [-0.15, -0.1) is 0 Å². The minimum atomic E-state index is -3.48. The SMILES string of the molecule is CC(C)c1ccc(-c2ccc(NS(C)(=O)=O)c(F)c2)cc1. The monoisotopic (exact) mass is 307 g/mol. The van der Waals surface area contributed by atoms with E-state index < -0.39 is 15.8 Å². The van der Waals surface area contributed by atoms with Gasteiger partial charge in [-0.1, -0.05) is 44.2 Å². The zero-order valence-electron chi connectivity index (χ0n) is 12.2. The van der Waals surface area contributed by atoms with Crippen LogP contribution in [-0.4, -0.2) is 14.7 Å². The summed E-state index contributed by atoms with van der Waals surface area (Å²) in [6.45, 7) is 4.22. The number of hydrogen-bond donors (Lipinski definition) is 1. The predicted molar refractivity (Wildman–Crippen MR) is 84.4 cm³/mol. The van der Waals surface area contributed by atoms with Crippen LogP contribution in [0.5, 0.6) is 0 Å². The molecule has 0 aliphatic carbocycles. The molecule has 0 heterocycles. The van der Waals surface area contributed by atoms with E-state index in [1.54, 1.807) is 6.07 Å². The topological polar surface area (TPSA) is 46.2 Å². The van der Waals surface area contributed by atoms with Gasteiger partial charge in [0.15, 0.2) is 0 Å². The molecule has 0 atom stereocenters. The van der Waals surface area contributed by atoms with E-state index in [1.165, 1.54) is 17.7 Å². The zero-order chi connectivity index (χ0) is 15.6. The fourth-order valence-electron chi connectivity index (χ4n) is 2.04. The van der Waals surface area contributed by atoms with Gasteiger partial charge in [0.25, 0.3) is 0 Å². The molecule has 2 rings (SSSR count). The predicted octanol–water partition coefficient (Wildman–Crippen LogP) is 3.99. The maximum absolute atomic E-state index is 13.9. The number of halogens is 1. The fraction of sp³-hybridized carbons (Fsp3) is 0.250. The molecule has 0 saturated carbocycles. The van der Waals surface area contributed by atoms with Crippen molar-refractivity contribution in [3.8, 4) is 11.1 Å². The van der Waals surface area contributed by atoms with Crippen LogP contribution in [0.2, 0.25) is 0 Å². The minimum Gasteiger partial charge on any atom is -0.281 e. The highest BCUT2D eigenvalue weighted by molar-refractivity contribution is 7.92. The smallest absolute Gasteiger partial charge is 0.229 e. The van der Waals surface area contributed by atoms with Crippen molar-refractivity contribution in [2.45, 2.75) is 19.8 Å². The van der Waals surface area contributed by atoms with Crippen LogP contribution in [0, 0.1) is 5.82 Å². The molecule has 2 aromatic rings. The van der Waals surface area contributed by atoms with Crippen LogP contribution >= 0.6 is 0 Å². The summed E-state index contributed by atoms with van der Waals surface area (Å²) in [5.74, 6) is -0.150. The van der Waals surface area contributed by atoms with Gasteiger partial charge in [0.1, 0.15) is 5.82 Å². The summed E-state index contributed by atoms with van der Waals surface area (Å²) in [5.41, 5.74) is 2.78. The van der Waals surface area contributed by atoms with Crippen molar-refractivity contribution in [1.82, 2.24) is 0 Å². The lowest BCUT2D eigenvalue weighted by Gasteiger charge is -2.09. The molecule has 112 valence electrons. The van der Waals surface area contributed by atoms with E-state index in [9.17, 15) is 12.8 Å². The molecule has 0 spiro atoms. The molecule has 0 amide bonds. The minimum absolute atomic E-state index is 0.0416. The van der Waals surface area contributed by atoms with E-state index >= 15 is 0 Å². The Morgan fingerprint density at radius 2 is 1.57 bits per heavy atom. The molecule has 21 heavy (non-hydrogen) atoms. The quantitative estimate of drug-likeness (QED) is 0.928. The molecular weight excluding hydrogens is 289 g/mol. The highest BCUT2D eigenvalue weighted by Gasteiger charge is 2.09. The molecule has 3 nitrogen and oxygen atoms in total. The van der Waals surface area contributed by atoms with Crippen molar-refractivity contribution >= 4 is 15.7 Å². The summed E-state index contributed by atoms with van der Waals surface area (Å²) in [5, 5.41) is 0. The third kappa shape index (κ3) is 4.04. The van der Waals surface area contributed by atoms with Crippen molar-refractivity contribution in [2.75, 3.05) is 11.0 Å². The van der Waals surface area contributed by atoms with E-state index in [4.69, 9.17) is 0 Å². The first-order valence-corrected chi connectivity index (χ1v) is 8.53. The van der Waals surface area contributed by atoms with Crippen LogP contribution in [0.15, 0.2) is 42.5 Å². The van der Waals surface area contributed by atoms with Gasteiger partial charge in [-0.05, 0) is 34.7 Å². The Kier molecular flexibility index (Phi) is 4.32. The molecule has 0 aliphatic heterocycles. The van der Waals surface area contributed by atoms with Crippen LogP contribution < -0.4 is 4.72 Å². The van der Waals surface area contributed by atoms with Gasteiger partial charge in [-0.3, -0.25) is 4.72 Å². The van der Waals surface area contributed by atoms with Gasteiger partial charge < -0.3 is 0 Å². The number of nitrogens with one attached hydrogen (secondary N) is 1. The Labute approximate surface area is 124 Å². The van der Waals surface area contributed by atoms with Crippen molar-refractivity contribution < 1.29 is 12.8 Å². The maximum Gasteiger partial charge on any atom is 0.229 e. The first kappa shape index (κ1) is 15.5. The number of anilines is 1. The van der Waals surface area contributed by atoms with Gasteiger partial charge >= 0.3 is 0 Å². The number of rotatable bonds is 4. The van der Waals surface area contributed by atoms with Crippen LogP contribution in [0.3, 0.4) is 0 Å². The first-order valence-electron chi connectivity index (χ1n) is 6.64. The molecule has 0 aromatic heterocycles. The molecule has 2 aromatic carbocycles. The van der Waals surface area contributed by atoms with Gasteiger partial charge in [0, 0.05) is 0 Å². The highest BCUT2D eigenvalue weighted by atomic mass is 32.2. The van der Waals surface area contributed by atoms with Gasteiger partial charge in [0.2, 0.25) is 10.0 Å². The van der Waals surface area contributed by atoms with Crippen molar-refractivity contribution in [3.05, 3.63) is 53.8 Å². The fourth-order valence-corrected chi connectivity index (χ4v) is 2.60. The Bertz CT molecular complexity index is 737. The second kappa shape index (κ2) is 5.85. The van der Waals surface area contributed by atoms with Crippen molar-refractivity contribution in [1.29, 1.82) is 0 Å². The van der Waals surface area contributed by atoms with Crippen LogP contribution in [0.25, 0.3) is 11.1 Å². The molecule has 0 bridgehead atoms.